The zero-order chi connectivity index (χ0) is 26.1. The van der Waals surface area contributed by atoms with Crippen LogP contribution in [0.25, 0.3) is 0 Å². The Labute approximate surface area is 203 Å². The first-order chi connectivity index (χ1) is 16.6. The minimum absolute atomic E-state index is 0.128. The third-order valence-electron chi connectivity index (χ3n) is 6.06. The molecule has 2 aromatic rings. The highest BCUT2D eigenvalue weighted by Crippen LogP contribution is 2.44. The van der Waals surface area contributed by atoms with Crippen LogP contribution < -0.4 is 10.1 Å². The summed E-state index contributed by atoms with van der Waals surface area (Å²) >= 11 is 0. The standard InChI is InChI=1S/C26H32F3NO5/c1-4-35-24(32)25(33,26(27,28)29)22(12-8-11-18-9-6-5-7-10-18)21(23(31)30-2)17-19-13-15-20(34-3)16-14-19/h5-7,9-10,13-16,21-22,33H,4,8,11-12,17H2,1-3H3,(H,30,31)/t21-,22+,25-/m0/s1. The molecule has 3 atom stereocenters. The first-order valence-electron chi connectivity index (χ1n) is 11.4. The fourth-order valence-corrected chi connectivity index (χ4v) is 4.21. The molecule has 2 N–H and O–H groups in total. The van der Waals surface area contributed by atoms with E-state index in [0.29, 0.717) is 17.7 Å². The monoisotopic (exact) mass is 495 g/mol. The van der Waals surface area contributed by atoms with Crippen LogP contribution in [0.2, 0.25) is 0 Å². The molecule has 1 amide bonds. The van der Waals surface area contributed by atoms with Gasteiger partial charge in [0.1, 0.15) is 5.75 Å². The number of rotatable bonds is 12. The predicted octanol–water partition coefficient (Wildman–Crippen LogP) is 4.10. The molecule has 0 aromatic heterocycles. The van der Waals surface area contributed by atoms with Gasteiger partial charge in [0.15, 0.2) is 0 Å². The van der Waals surface area contributed by atoms with Gasteiger partial charge >= 0.3 is 12.1 Å². The van der Waals surface area contributed by atoms with E-state index >= 15 is 0 Å². The van der Waals surface area contributed by atoms with Gasteiger partial charge in [-0.2, -0.15) is 13.2 Å². The maximum absolute atomic E-state index is 14.3. The first-order valence-corrected chi connectivity index (χ1v) is 11.4. The summed E-state index contributed by atoms with van der Waals surface area (Å²) in [6, 6.07) is 15.6. The molecule has 35 heavy (non-hydrogen) atoms. The zero-order valence-electron chi connectivity index (χ0n) is 20.1. The van der Waals surface area contributed by atoms with Crippen molar-refractivity contribution in [3.05, 3.63) is 65.7 Å². The van der Waals surface area contributed by atoms with E-state index in [1.165, 1.54) is 21.1 Å². The summed E-state index contributed by atoms with van der Waals surface area (Å²) in [7, 11) is 2.79. The number of ether oxygens (including phenoxy) is 2. The van der Waals surface area contributed by atoms with Gasteiger partial charge in [-0.1, -0.05) is 42.5 Å². The molecule has 0 saturated carbocycles. The van der Waals surface area contributed by atoms with Crippen molar-refractivity contribution < 1.29 is 37.3 Å². The Kier molecular flexibility index (Phi) is 10.1. The number of alkyl halides is 3. The Morgan fingerprint density at radius 1 is 1.03 bits per heavy atom. The maximum Gasteiger partial charge on any atom is 0.428 e. The Bertz CT molecular complexity index is 950. The number of carbonyl (C=O) groups is 2. The highest BCUT2D eigenvalue weighted by molar-refractivity contribution is 5.84. The molecule has 0 radical (unpaired) electrons. The summed E-state index contributed by atoms with van der Waals surface area (Å²) in [5, 5.41) is 13.4. The molecule has 2 rings (SSSR count). The molecular formula is C26H32F3NO5. The topological polar surface area (TPSA) is 84.9 Å². The van der Waals surface area contributed by atoms with Gasteiger partial charge in [0, 0.05) is 18.9 Å². The predicted molar refractivity (Wildman–Crippen MR) is 125 cm³/mol. The SMILES string of the molecule is CCOC(=O)[C@@](O)([C@H](CCCc1ccccc1)[C@H](Cc1ccc(OC)cc1)C(=O)NC)C(F)(F)F. The van der Waals surface area contributed by atoms with E-state index < -0.39 is 35.5 Å². The highest BCUT2D eigenvalue weighted by Gasteiger charge is 2.66. The molecule has 0 heterocycles. The average Bonchev–Trinajstić information content (AvgIpc) is 2.85. The lowest BCUT2D eigenvalue weighted by Crippen LogP contribution is -2.61. The second-order valence-corrected chi connectivity index (χ2v) is 8.24. The largest absolute Gasteiger partial charge is 0.497 e. The van der Waals surface area contributed by atoms with Crippen molar-refractivity contribution in [3.8, 4) is 5.75 Å². The third kappa shape index (κ3) is 6.97. The smallest absolute Gasteiger partial charge is 0.428 e. The van der Waals surface area contributed by atoms with Crippen molar-refractivity contribution in [2.24, 2.45) is 11.8 Å². The highest BCUT2D eigenvalue weighted by atomic mass is 19.4. The molecule has 0 aliphatic carbocycles. The lowest BCUT2D eigenvalue weighted by molar-refractivity contribution is -0.283. The fraction of sp³-hybridized carbons (Fsp3) is 0.462. The van der Waals surface area contributed by atoms with Crippen LogP contribution in [0, 0.1) is 11.8 Å². The molecular weight excluding hydrogens is 463 g/mol. The fourth-order valence-electron chi connectivity index (χ4n) is 4.21. The number of amides is 1. The maximum atomic E-state index is 14.3. The quantitative estimate of drug-likeness (QED) is 0.433. The normalized spacial score (nSPS) is 14.9. The van der Waals surface area contributed by atoms with Gasteiger partial charge in [0.05, 0.1) is 13.7 Å². The van der Waals surface area contributed by atoms with Crippen molar-refractivity contribution in [1.82, 2.24) is 5.32 Å². The van der Waals surface area contributed by atoms with Gasteiger partial charge in [0.25, 0.3) is 5.60 Å². The lowest BCUT2D eigenvalue weighted by Gasteiger charge is -2.39. The molecule has 0 saturated heterocycles. The number of hydrogen-bond donors (Lipinski definition) is 2. The van der Waals surface area contributed by atoms with Crippen LogP contribution >= 0.6 is 0 Å². The van der Waals surface area contributed by atoms with Crippen LogP contribution in [-0.2, 0) is 27.2 Å². The first kappa shape index (κ1) is 28.2. The van der Waals surface area contributed by atoms with E-state index in [4.69, 9.17) is 4.74 Å². The van der Waals surface area contributed by atoms with Gasteiger partial charge < -0.3 is 19.9 Å². The summed E-state index contributed by atoms with van der Waals surface area (Å²) in [5.74, 6) is -5.12. The number of aryl methyl sites for hydroxylation is 1. The van der Waals surface area contributed by atoms with Crippen LogP contribution in [0.3, 0.4) is 0 Å². The Hall–Kier alpha value is -3.07. The Morgan fingerprint density at radius 2 is 1.66 bits per heavy atom. The zero-order valence-corrected chi connectivity index (χ0v) is 20.1. The number of carbonyl (C=O) groups excluding carboxylic acids is 2. The molecule has 0 fully saturated rings. The number of esters is 1. The van der Waals surface area contributed by atoms with Crippen LogP contribution in [0.5, 0.6) is 5.75 Å². The number of hydrogen-bond acceptors (Lipinski definition) is 5. The third-order valence-corrected chi connectivity index (χ3v) is 6.06. The minimum Gasteiger partial charge on any atom is -0.497 e. The molecule has 0 bridgehead atoms. The Balaban J connectivity index is 2.50. The molecule has 0 aliphatic heterocycles. The summed E-state index contributed by atoms with van der Waals surface area (Å²) in [6.07, 6.45) is -5.10. The molecule has 9 heteroatoms. The van der Waals surface area contributed by atoms with Gasteiger partial charge in [-0.15, -0.1) is 0 Å². The van der Waals surface area contributed by atoms with Crippen LogP contribution in [-0.4, -0.2) is 49.5 Å². The number of methoxy groups -OCH3 is 1. The number of nitrogens with one attached hydrogen (secondary N) is 1. The number of benzene rings is 2. The van der Waals surface area contributed by atoms with Crippen molar-refractivity contribution in [3.63, 3.8) is 0 Å². The number of aliphatic hydroxyl groups is 1. The van der Waals surface area contributed by atoms with E-state index in [0.717, 1.165) is 5.56 Å². The summed E-state index contributed by atoms with van der Waals surface area (Å²) in [6.45, 7) is 1.00. The van der Waals surface area contributed by atoms with E-state index in [9.17, 15) is 27.9 Å². The van der Waals surface area contributed by atoms with Crippen molar-refractivity contribution in [1.29, 1.82) is 0 Å². The second kappa shape index (κ2) is 12.6. The number of halogens is 3. The van der Waals surface area contributed by atoms with Crippen LogP contribution in [0.4, 0.5) is 13.2 Å². The Morgan fingerprint density at radius 3 is 2.17 bits per heavy atom. The summed E-state index contributed by atoms with van der Waals surface area (Å²) in [4.78, 5) is 25.5. The van der Waals surface area contributed by atoms with Gasteiger partial charge in [-0.25, -0.2) is 4.79 Å². The molecule has 192 valence electrons. The molecule has 6 nitrogen and oxygen atoms in total. The molecule has 0 unspecified atom stereocenters. The molecule has 0 spiro atoms. The summed E-state index contributed by atoms with van der Waals surface area (Å²) < 4.78 is 52.8. The lowest BCUT2D eigenvalue weighted by atomic mass is 9.71. The van der Waals surface area contributed by atoms with E-state index in [1.54, 1.807) is 24.3 Å². The minimum atomic E-state index is -5.36. The molecule has 0 aliphatic rings. The van der Waals surface area contributed by atoms with E-state index in [1.807, 2.05) is 30.3 Å². The van der Waals surface area contributed by atoms with Crippen molar-refractivity contribution in [2.75, 3.05) is 20.8 Å². The molecule has 2 aromatic carbocycles. The van der Waals surface area contributed by atoms with Gasteiger partial charge in [0.2, 0.25) is 5.91 Å². The van der Waals surface area contributed by atoms with Crippen molar-refractivity contribution in [2.45, 2.75) is 44.4 Å². The summed E-state index contributed by atoms with van der Waals surface area (Å²) in [5.41, 5.74) is -2.41. The van der Waals surface area contributed by atoms with Crippen LogP contribution in [0.1, 0.15) is 30.9 Å². The van der Waals surface area contributed by atoms with E-state index in [2.05, 4.69) is 10.1 Å². The van der Waals surface area contributed by atoms with Crippen molar-refractivity contribution >= 4 is 11.9 Å². The second-order valence-electron chi connectivity index (χ2n) is 8.24. The average molecular weight is 496 g/mol. The van der Waals surface area contributed by atoms with Gasteiger partial charge in [-0.05, 0) is 55.9 Å². The van der Waals surface area contributed by atoms with Gasteiger partial charge in [-0.3, -0.25) is 4.79 Å². The van der Waals surface area contributed by atoms with E-state index in [-0.39, 0.29) is 25.9 Å². The van der Waals surface area contributed by atoms with Crippen LogP contribution in [0.15, 0.2) is 54.6 Å².